The average molecular weight is 335 g/mol. The van der Waals surface area contributed by atoms with Gasteiger partial charge in [-0.05, 0) is 37.1 Å². The van der Waals surface area contributed by atoms with Gasteiger partial charge >= 0.3 is 5.97 Å². The molecule has 1 rings (SSSR count). The van der Waals surface area contributed by atoms with Gasteiger partial charge in [0.05, 0.1) is 6.61 Å². The van der Waals surface area contributed by atoms with E-state index in [0.29, 0.717) is 5.88 Å². The van der Waals surface area contributed by atoms with Crippen LogP contribution in [-0.4, -0.2) is 31.5 Å². The molecule has 0 aliphatic carbocycles. The largest absolute Gasteiger partial charge is 0.462 e. The summed E-state index contributed by atoms with van der Waals surface area (Å²) in [5.41, 5.74) is 1.88. The predicted molar refractivity (Wildman–Crippen MR) is 94.5 cm³/mol. The maximum Gasteiger partial charge on any atom is 0.348 e. The zero-order valence-electron chi connectivity index (χ0n) is 13.7. The number of carbonyl (C=O) groups excluding carboxylic acids is 1. The van der Waals surface area contributed by atoms with E-state index >= 15 is 0 Å². The maximum absolute atomic E-state index is 11.6. The number of benzene rings is 1. The van der Waals surface area contributed by atoms with Crippen molar-refractivity contribution >= 4 is 29.3 Å². The van der Waals surface area contributed by atoms with E-state index in [4.69, 9.17) is 21.6 Å². The van der Waals surface area contributed by atoms with Crippen molar-refractivity contribution in [1.82, 2.24) is 0 Å². The molecule has 0 saturated heterocycles. The van der Waals surface area contributed by atoms with Crippen molar-refractivity contribution < 1.29 is 9.53 Å². The summed E-state index contributed by atoms with van der Waals surface area (Å²) >= 11 is 5.87. The van der Waals surface area contributed by atoms with Crippen LogP contribution in [-0.2, 0) is 9.53 Å². The Labute approximate surface area is 143 Å². The highest BCUT2D eigenvalue weighted by Crippen LogP contribution is 2.18. The lowest BCUT2D eigenvalue weighted by Crippen LogP contribution is -2.26. The van der Waals surface area contributed by atoms with Crippen molar-refractivity contribution in [3.8, 4) is 6.07 Å². The number of esters is 1. The Balaban J connectivity index is 2.89. The van der Waals surface area contributed by atoms with E-state index in [1.165, 1.54) is 0 Å². The third-order valence-corrected chi connectivity index (χ3v) is 3.49. The van der Waals surface area contributed by atoms with Crippen molar-refractivity contribution in [3.05, 3.63) is 35.4 Å². The van der Waals surface area contributed by atoms with Gasteiger partial charge in [0.25, 0.3) is 0 Å². The van der Waals surface area contributed by atoms with E-state index in [1.807, 2.05) is 30.3 Å². The van der Waals surface area contributed by atoms with E-state index in [1.54, 1.807) is 13.0 Å². The first kappa shape index (κ1) is 19.1. The SMILES string of the molecule is CCCCN(CCCl)c1ccc(/C=C(\C#N)C(=O)OCC)cc1. The standard InChI is InChI=1S/C18H23ClN2O2/c1-3-5-11-21(12-10-19)17-8-6-15(7-9-17)13-16(14-20)18(22)23-4-2/h6-9,13H,3-5,10-12H2,1-2H3/b16-13+. The van der Waals surface area contributed by atoms with Gasteiger partial charge < -0.3 is 9.64 Å². The molecule has 0 heterocycles. The fraction of sp³-hybridized carbons (Fsp3) is 0.444. The molecule has 0 saturated carbocycles. The molecule has 0 aliphatic rings. The zero-order valence-corrected chi connectivity index (χ0v) is 14.5. The highest BCUT2D eigenvalue weighted by Gasteiger charge is 2.10. The molecule has 124 valence electrons. The average Bonchev–Trinajstić information content (AvgIpc) is 2.57. The fourth-order valence-corrected chi connectivity index (χ4v) is 2.32. The van der Waals surface area contributed by atoms with E-state index in [-0.39, 0.29) is 12.2 Å². The molecule has 0 aliphatic heterocycles. The molecular formula is C18H23ClN2O2. The van der Waals surface area contributed by atoms with E-state index < -0.39 is 5.97 Å². The van der Waals surface area contributed by atoms with Gasteiger partial charge in [-0.15, -0.1) is 11.6 Å². The highest BCUT2D eigenvalue weighted by molar-refractivity contribution is 6.18. The van der Waals surface area contributed by atoms with Crippen molar-refractivity contribution in [3.63, 3.8) is 0 Å². The molecule has 0 atom stereocenters. The second kappa shape index (κ2) is 10.7. The molecule has 0 bridgehead atoms. The molecule has 5 heteroatoms. The molecule has 0 amide bonds. The summed E-state index contributed by atoms with van der Waals surface area (Å²) in [6.45, 7) is 5.88. The number of rotatable bonds is 9. The predicted octanol–water partition coefficient (Wildman–Crippen LogP) is 4.00. The van der Waals surface area contributed by atoms with Crippen LogP contribution >= 0.6 is 11.6 Å². The van der Waals surface area contributed by atoms with Crippen LogP contribution in [0, 0.1) is 11.3 Å². The van der Waals surface area contributed by atoms with Crippen LogP contribution in [0.5, 0.6) is 0 Å². The van der Waals surface area contributed by atoms with Gasteiger partial charge in [0.2, 0.25) is 0 Å². The Hall–Kier alpha value is -1.99. The molecule has 1 aromatic rings. The second-order valence-electron chi connectivity index (χ2n) is 5.01. The lowest BCUT2D eigenvalue weighted by Gasteiger charge is -2.23. The van der Waals surface area contributed by atoms with Gasteiger partial charge in [0, 0.05) is 24.7 Å². The van der Waals surface area contributed by atoms with Crippen molar-refractivity contribution in [1.29, 1.82) is 5.26 Å². The third-order valence-electron chi connectivity index (χ3n) is 3.32. The molecule has 23 heavy (non-hydrogen) atoms. The summed E-state index contributed by atoms with van der Waals surface area (Å²) in [7, 11) is 0. The highest BCUT2D eigenvalue weighted by atomic mass is 35.5. The first-order chi connectivity index (χ1) is 11.2. The topological polar surface area (TPSA) is 53.3 Å². The number of anilines is 1. The number of hydrogen-bond acceptors (Lipinski definition) is 4. The number of alkyl halides is 1. The van der Waals surface area contributed by atoms with Crippen LogP contribution in [0.3, 0.4) is 0 Å². The summed E-state index contributed by atoms with van der Waals surface area (Å²) in [5, 5.41) is 9.05. The van der Waals surface area contributed by atoms with Gasteiger partial charge in [-0.3, -0.25) is 0 Å². The van der Waals surface area contributed by atoms with Crippen molar-refractivity contribution in [2.45, 2.75) is 26.7 Å². The zero-order chi connectivity index (χ0) is 17.1. The molecule has 0 spiro atoms. The van der Waals surface area contributed by atoms with Gasteiger partial charge in [-0.25, -0.2) is 4.79 Å². The molecule has 4 nitrogen and oxygen atoms in total. The summed E-state index contributed by atoms with van der Waals surface area (Å²) in [6, 6.07) is 9.62. The Morgan fingerprint density at radius 2 is 2.00 bits per heavy atom. The summed E-state index contributed by atoms with van der Waals surface area (Å²) in [6.07, 6.45) is 3.78. The van der Waals surface area contributed by atoms with Gasteiger partial charge in [0.1, 0.15) is 11.6 Å². The molecule has 0 N–H and O–H groups in total. The number of ether oxygens (including phenoxy) is 1. The molecule has 0 radical (unpaired) electrons. The summed E-state index contributed by atoms with van der Waals surface area (Å²) in [4.78, 5) is 13.9. The number of nitriles is 1. The monoisotopic (exact) mass is 334 g/mol. The molecule has 0 fully saturated rings. The van der Waals surface area contributed by atoms with Crippen LogP contribution < -0.4 is 4.90 Å². The minimum atomic E-state index is -0.592. The van der Waals surface area contributed by atoms with Crippen LogP contribution in [0.1, 0.15) is 32.3 Å². The van der Waals surface area contributed by atoms with Crippen LogP contribution in [0.4, 0.5) is 5.69 Å². The third kappa shape index (κ3) is 6.33. The number of unbranched alkanes of at least 4 members (excludes halogenated alkanes) is 1. The Morgan fingerprint density at radius 1 is 1.30 bits per heavy atom. The smallest absolute Gasteiger partial charge is 0.348 e. The number of halogens is 1. The fourth-order valence-electron chi connectivity index (χ4n) is 2.11. The van der Waals surface area contributed by atoms with Crippen molar-refractivity contribution in [2.75, 3.05) is 30.5 Å². The second-order valence-corrected chi connectivity index (χ2v) is 5.39. The summed E-state index contributed by atoms with van der Waals surface area (Å²) in [5.74, 6) is -0.0157. The number of nitrogens with zero attached hydrogens (tertiary/aromatic N) is 2. The van der Waals surface area contributed by atoms with Gasteiger partial charge in [0.15, 0.2) is 0 Å². The molecule has 0 aromatic heterocycles. The van der Waals surface area contributed by atoms with Crippen LogP contribution in [0.2, 0.25) is 0 Å². The van der Waals surface area contributed by atoms with Gasteiger partial charge in [-0.2, -0.15) is 5.26 Å². The molecule has 0 unspecified atom stereocenters. The Morgan fingerprint density at radius 3 is 2.52 bits per heavy atom. The van der Waals surface area contributed by atoms with Crippen LogP contribution in [0.15, 0.2) is 29.8 Å². The Bertz CT molecular complexity index is 561. The normalized spacial score (nSPS) is 11.0. The lowest BCUT2D eigenvalue weighted by molar-refractivity contribution is -0.137. The lowest BCUT2D eigenvalue weighted by atomic mass is 10.1. The maximum atomic E-state index is 11.6. The van der Waals surface area contributed by atoms with Crippen molar-refractivity contribution in [2.24, 2.45) is 0 Å². The quantitative estimate of drug-likeness (QED) is 0.296. The number of carbonyl (C=O) groups is 1. The summed E-state index contributed by atoms with van der Waals surface area (Å²) < 4.78 is 4.85. The van der Waals surface area contributed by atoms with E-state index in [2.05, 4.69) is 11.8 Å². The van der Waals surface area contributed by atoms with E-state index in [9.17, 15) is 4.79 Å². The minimum absolute atomic E-state index is 0.00296. The number of hydrogen-bond donors (Lipinski definition) is 0. The first-order valence-electron chi connectivity index (χ1n) is 7.86. The van der Waals surface area contributed by atoms with Crippen LogP contribution in [0.25, 0.3) is 6.08 Å². The van der Waals surface area contributed by atoms with Gasteiger partial charge in [-0.1, -0.05) is 25.5 Å². The minimum Gasteiger partial charge on any atom is -0.462 e. The first-order valence-corrected chi connectivity index (χ1v) is 8.39. The Kier molecular flexibility index (Phi) is 8.86. The molecular weight excluding hydrogens is 312 g/mol. The van der Waals surface area contributed by atoms with E-state index in [0.717, 1.165) is 37.2 Å². The molecule has 1 aromatic carbocycles.